The standard InChI is InChI=1S/C20H24N4O3/c1-21-19(25)11-17-13-23(12-16-6-7-22-24(16)17)20(26)10-14-4-5-18-15(9-14)3-2-8-27-18/h4-7,9,17H,2-3,8,10-13H2,1H3,(H,21,25). The number of ether oxygens (including phenoxy) is 1. The van der Waals surface area contributed by atoms with Crippen LogP contribution < -0.4 is 10.1 Å². The Morgan fingerprint density at radius 3 is 3.07 bits per heavy atom. The zero-order chi connectivity index (χ0) is 18.8. The van der Waals surface area contributed by atoms with Gasteiger partial charge in [-0.15, -0.1) is 0 Å². The van der Waals surface area contributed by atoms with E-state index in [-0.39, 0.29) is 17.9 Å². The lowest BCUT2D eigenvalue weighted by Gasteiger charge is -2.33. The molecule has 1 atom stereocenters. The normalized spacial score (nSPS) is 18.3. The highest BCUT2D eigenvalue weighted by atomic mass is 16.5. The third kappa shape index (κ3) is 3.67. The van der Waals surface area contributed by atoms with E-state index in [1.54, 1.807) is 13.2 Å². The van der Waals surface area contributed by atoms with E-state index in [4.69, 9.17) is 4.74 Å². The van der Waals surface area contributed by atoms with Crippen LogP contribution in [0.25, 0.3) is 0 Å². The molecule has 1 unspecified atom stereocenters. The largest absolute Gasteiger partial charge is 0.493 e. The topological polar surface area (TPSA) is 76.5 Å². The maximum Gasteiger partial charge on any atom is 0.227 e. The first-order chi connectivity index (χ1) is 13.1. The Labute approximate surface area is 158 Å². The minimum absolute atomic E-state index is 0.0505. The molecule has 0 bridgehead atoms. The average molecular weight is 368 g/mol. The first kappa shape index (κ1) is 17.6. The number of aryl methyl sites for hydroxylation is 1. The molecule has 2 aromatic rings. The van der Waals surface area contributed by atoms with E-state index >= 15 is 0 Å². The summed E-state index contributed by atoms with van der Waals surface area (Å²) in [6, 6.07) is 7.80. The van der Waals surface area contributed by atoms with Gasteiger partial charge in [0.25, 0.3) is 0 Å². The van der Waals surface area contributed by atoms with Gasteiger partial charge in [0.2, 0.25) is 11.8 Å². The second kappa shape index (κ2) is 7.42. The van der Waals surface area contributed by atoms with Crippen LogP contribution in [0, 0.1) is 0 Å². The fraction of sp³-hybridized carbons (Fsp3) is 0.450. The highest BCUT2D eigenvalue weighted by Gasteiger charge is 2.29. The summed E-state index contributed by atoms with van der Waals surface area (Å²) in [6.45, 7) is 1.78. The summed E-state index contributed by atoms with van der Waals surface area (Å²) in [7, 11) is 1.62. The van der Waals surface area contributed by atoms with Crippen LogP contribution in [0.4, 0.5) is 0 Å². The fourth-order valence-corrected chi connectivity index (χ4v) is 3.85. The van der Waals surface area contributed by atoms with Gasteiger partial charge in [-0.2, -0.15) is 5.10 Å². The summed E-state index contributed by atoms with van der Waals surface area (Å²) >= 11 is 0. The van der Waals surface area contributed by atoms with E-state index in [1.807, 2.05) is 27.8 Å². The van der Waals surface area contributed by atoms with E-state index in [0.717, 1.165) is 36.5 Å². The molecule has 3 heterocycles. The predicted molar refractivity (Wildman–Crippen MR) is 99.3 cm³/mol. The van der Waals surface area contributed by atoms with E-state index < -0.39 is 0 Å². The summed E-state index contributed by atoms with van der Waals surface area (Å²) in [6.07, 6.45) is 4.40. The summed E-state index contributed by atoms with van der Waals surface area (Å²) in [5, 5.41) is 6.99. The molecule has 0 saturated carbocycles. The average Bonchev–Trinajstić information content (AvgIpc) is 3.16. The smallest absolute Gasteiger partial charge is 0.227 e. The van der Waals surface area contributed by atoms with Gasteiger partial charge in [0.05, 0.1) is 37.7 Å². The van der Waals surface area contributed by atoms with Crippen molar-refractivity contribution in [3.63, 3.8) is 0 Å². The van der Waals surface area contributed by atoms with Gasteiger partial charge in [0, 0.05) is 19.8 Å². The van der Waals surface area contributed by atoms with Crippen molar-refractivity contribution in [2.24, 2.45) is 0 Å². The van der Waals surface area contributed by atoms with Crippen molar-refractivity contribution in [2.75, 3.05) is 20.2 Å². The lowest BCUT2D eigenvalue weighted by molar-refractivity contribution is -0.133. The number of aromatic nitrogens is 2. The molecule has 1 aromatic carbocycles. The summed E-state index contributed by atoms with van der Waals surface area (Å²) in [5.41, 5.74) is 3.15. The van der Waals surface area contributed by atoms with Gasteiger partial charge in [-0.05, 0) is 36.1 Å². The van der Waals surface area contributed by atoms with E-state index in [1.165, 1.54) is 5.56 Å². The molecular formula is C20H24N4O3. The Kier molecular flexibility index (Phi) is 4.83. The Balaban J connectivity index is 1.48. The van der Waals surface area contributed by atoms with Gasteiger partial charge in [-0.25, -0.2) is 0 Å². The molecule has 0 fully saturated rings. The number of amides is 2. The number of fused-ring (bicyclic) bond motifs is 2. The highest BCUT2D eigenvalue weighted by molar-refractivity contribution is 5.79. The van der Waals surface area contributed by atoms with Crippen LogP contribution in [0.1, 0.15) is 35.7 Å². The Morgan fingerprint density at radius 2 is 2.22 bits per heavy atom. The number of hydrogen-bond acceptors (Lipinski definition) is 4. The highest BCUT2D eigenvalue weighted by Crippen LogP contribution is 2.27. The maximum atomic E-state index is 12.9. The lowest BCUT2D eigenvalue weighted by atomic mass is 10.0. The maximum absolute atomic E-state index is 12.9. The van der Waals surface area contributed by atoms with Crippen LogP contribution >= 0.6 is 0 Å². The summed E-state index contributed by atoms with van der Waals surface area (Å²) in [4.78, 5) is 26.6. The van der Waals surface area contributed by atoms with E-state index in [0.29, 0.717) is 25.9 Å². The minimum Gasteiger partial charge on any atom is -0.493 e. The molecule has 0 saturated heterocycles. The number of hydrogen-bond donors (Lipinski definition) is 1. The second-order valence-electron chi connectivity index (χ2n) is 7.14. The third-order valence-electron chi connectivity index (χ3n) is 5.26. The van der Waals surface area contributed by atoms with Crippen LogP contribution in [0.15, 0.2) is 30.5 Å². The molecule has 7 heteroatoms. The van der Waals surface area contributed by atoms with E-state index in [9.17, 15) is 9.59 Å². The van der Waals surface area contributed by atoms with Gasteiger partial charge >= 0.3 is 0 Å². The molecule has 4 rings (SSSR count). The number of rotatable bonds is 4. The molecule has 0 aliphatic carbocycles. The molecule has 2 aliphatic rings. The minimum atomic E-state index is -0.135. The zero-order valence-corrected chi connectivity index (χ0v) is 15.5. The van der Waals surface area contributed by atoms with Crippen molar-refractivity contribution in [1.29, 1.82) is 0 Å². The van der Waals surface area contributed by atoms with E-state index in [2.05, 4.69) is 16.5 Å². The molecule has 1 aromatic heterocycles. The lowest BCUT2D eigenvalue weighted by Crippen LogP contribution is -2.43. The number of benzene rings is 1. The van der Waals surface area contributed by atoms with Crippen LogP contribution in [-0.4, -0.2) is 46.7 Å². The number of carbonyl (C=O) groups excluding carboxylic acids is 2. The van der Waals surface area contributed by atoms with Gasteiger partial charge in [0.1, 0.15) is 5.75 Å². The monoisotopic (exact) mass is 368 g/mol. The number of nitrogens with zero attached hydrogens (tertiary/aromatic N) is 3. The molecule has 142 valence electrons. The zero-order valence-electron chi connectivity index (χ0n) is 15.5. The third-order valence-corrected chi connectivity index (χ3v) is 5.26. The SMILES string of the molecule is CNC(=O)CC1CN(C(=O)Cc2ccc3c(c2)CCCO3)Cc2ccnn21. The second-order valence-corrected chi connectivity index (χ2v) is 7.14. The van der Waals surface area contributed by atoms with Gasteiger partial charge in [-0.3, -0.25) is 14.3 Å². The number of nitrogens with one attached hydrogen (secondary N) is 1. The van der Waals surface area contributed by atoms with Crippen molar-refractivity contribution in [3.05, 3.63) is 47.3 Å². The first-order valence-electron chi connectivity index (χ1n) is 9.39. The molecule has 7 nitrogen and oxygen atoms in total. The molecule has 0 radical (unpaired) electrons. The van der Waals surface area contributed by atoms with Crippen LogP contribution in [0.5, 0.6) is 5.75 Å². The van der Waals surface area contributed by atoms with Crippen LogP contribution in [-0.2, 0) is 29.0 Å². The Hall–Kier alpha value is -2.83. The molecule has 27 heavy (non-hydrogen) atoms. The van der Waals surface area contributed by atoms with Gasteiger partial charge in [0.15, 0.2) is 0 Å². The molecule has 0 spiro atoms. The molecular weight excluding hydrogens is 344 g/mol. The van der Waals surface area contributed by atoms with Crippen LogP contribution in [0.2, 0.25) is 0 Å². The molecule has 2 amide bonds. The number of carbonyl (C=O) groups is 2. The van der Waals surface area contributed by atoms with Crippen molar-refractivity contribution in [1.82, 2.24) is 20.0 Å². The quantitative estimate of drug-likeness (QED) is 0.887. The van der Waals surface area contributed by atoms with Crippen molar-refractivity contribution in [2.45, 2.75) is 38.3 Å². The van der Waals surface area contributed by atoms with Crippen LogP contribution in [0.3, 0.4) is 0 Å². The van der Waals surface area contributed by atoms with Gasteiger partial charge in [-0.1, -0.05) is 12.1 Å². The van der Waals surface area contributed by atoms with Crippen molar-refractivity contribution >= 4 is 11.8 Å². The summed E-state index contributed by atoms with van der Waals surface area (Å²) < 4.78 is 7.52. The molecule has 2 aliphatic heterocycles. The summed E-state index contributed by atoms with van der Waals surface area (Å²) in [5.74, 6) is 0.955. The Morgan fingerprint density at radius 1 is 1.33 bits per heavy atom. The first-order valence-corrected chi connectivity index (χ1v) is 9.39. The molecule has 1 N–H and O–H groups in total. The van der Waals surface area contributed by atoms with Gasteiger partial charge < -0.3 is 15.0 Å². The van der Waals surface area contributed by atoms with Crippen molar-refractivity contribution in [3.8, 4) is 5.75 Å². The Bertz CT molecular complexity index is 861. The van der Waals surface area contributed by atoms with Crippen molar-refractivity contribution < 1.29 is 14.3 Å². The fourth-order valence-electron chi connectivity index (χ4n) is 3.85. The predicted octanol–water partition coefficient (Wildman–Crippen LogP) is 1.47.